The van der Waals surface area contributed by atoms with Crippen molar-refractivity contribution in [2.45, 2.75) is 75.9 Å². The van der Waals surface area contributed by atoms with E-state index in [1.165, 1.54) is 0 Å². The van der Waals surface area contributed by atoms with Crippen LogP contribution in [-0.4, -0.2) is 72.9 Å². The van der Waals surface area contributed by atoms with Crippen molar-refractivity contribution in [3.05, 3.63) is 54.1 Å². The number of fused-ring (bicyclic) bond motifs is 1. The second kappa shape index (κ2) is 11.4. The molecule has 39 heavy (non-hydrogen) atoms. The maximum atomic E-state index is 13.2. The minimum absolute atomic E-state index is 0.00742. The molecule has 0 aliphatic carbocycles. The molecule has 2 amide bonds. The first-order valence-corrected chi connectivity index (χ1v) is 17.1. The normalized spacial score (nSPS) is 27.0. The van der Waals surface area contributed by atoms with Gasteiger partial charge in [0.05, 0.1) is 37.0 Å². The predicted molar refractivity (Wildman–Crippen MR) is 152 cm³/mol. The average molecular weight is 553 g/mol. The number of ether oxygens (including phenoxy) is 2. The molecule has 0 unspecified atom stereocenters. The molecule has 0 aromatic heterocycles. The van der Waals surface area contributed by atoms with Crippen LogP contribution >= 0.6 is 0 Å². The fourth-order valence-corrected chi connectivity index (χ4v) is 9.40. The summed E-state index contributed by atoms with van der Waals surface area (Å²) < 4.78 is 12.1. The van der Waals surface area contributed by atoms with Gasteiger partial charge in [0, 0.05) is 17.8 Å². The monoisotopic (exact) mass is 552 g/mol. The predicted octanol–water partition coefficient (Wildman–Crippen LogP) is 4.02. The van der Waals surface area contributed by atoms with Crippen LogP contribution in [0.5, 0.6) is 5.75 Å². The van der Waals surface area contributed by atoms with Crippen LogP contribution in [0.4, 0.5) is 11.4 Å². The molecular formula is C30H40N2O6Si. The van der Waals surface area contributed by atoms with Gasteiger partial charge in [0.2, 0.25) is 5.91 Å². The molecular weight excluding hydrogens is 512 g/mol. The minimum atomic E-state index is -2.61. The van der Waals surface area contributed by atoms with Crippen LogP contribution in [0.2, 0.25) is 18.6 Å². The summed E-state index contributed by atoms with van der Waals surface area (Å²) in [6.45, 7) is 6.67. The highest BCUT2D eigenvalue weighted by atomic mass is 28.4. The van der Waals surface area contributed by atoms with Crippen LogP contribution in [-0.2, 0) is 20.7 Å². The summed E-state index contributed by atoms with van der Waals surface area (Å²) in [4.78, 5) is 40.6. The highest BCUT2D eigenvalue weighted by Gasteiger charge is 2.50. The summed E-state index contributed by atoms with van der Waals surface area (Å²) in [5.41, 5.74) is 2.60. The third-order valence-corrected chi connectivity index (χ3v) is 11.1. The first kappa shape index (κ1) is 27.8. The zero-order chi connectivity index (χ0) is 27.7. The first-order chi connectivity index (χ1) is 18.7. The van der Waals surface area contributed by atoms with Gasteiger partial charge in [-0.05, 0) is 74.5 Å². The molecule has 0 saturated carbocycles. The van der Waals surface area contributed by atoms with Crippen molar-refractivity contribution < 1.29 is 29.0 Å². The van der Waals surface area contributed by atoms with Crippen LogP contribution in [0.15, 0.2) is 48.5 Å². The van der Waals surface area contributed by atoms with Crippen LogP contribution in [0.1, 0.15) is 38.2 Å². The largest absolute Gasteiger partial charge is 0.482 e. The van der Waals surface area contributed by atoms with Gasteiger partial charge in [-0.15, -0.1) is 0 Å². The van der Waals surface area contributed by atoms with E-state index in [1.807, 2.05) is 55.6 Å². The molecule has 8 nitrogen and oxygen atoms in total. The molecule has 5 atom stereocenters. The average Bonchev–Trinajstić information content (AvgIpc) is 3.51. The topological polar surface area (TPSA) is 99.5 Å². The van der Waals surface area contributed by atoms with Gasteiger partial charge in [-0.2, -0.15) is 0 Å². The Balaban J connectivity index is 1.28. The minimum Gasteiger partial charge on any atom is -0.482 e. The molecule has 210 valence electrons. The Morgan fingerprint density at radius 1 is 1.13 bits per heavy atom. The number of nitrogens with zero attached hydrogens (tertiary/aromatic N) is 2. The van der Waals surface area contributed by atoms with Crippen molar-refractivity contribution >= 4 is 31.5 Å². The summed E-state index contributed by atoms with van der Waals surface area (Å²) in [6, 6.07) is 15.5. The van der Waals surface area contributed by atoms with Gasteiger partial charge in [-0.3, -0.25) is 14.5 Å². The molecule has 0 bridgehead atoms. The van der Waals surface area contributed by atoms with E-state index in [4.69, 9.17) is 9.47 Å². The molecule has 2 saturated heterocycles. The van der Waals surface area contributed by atoms with E-state index in [-0.39, 0.29) is 61.2 Å². The first-order valence-electron chi connectivity index (χ1n) is 14.1. The van der Waals surface area contributed by atoms with Crippen molar-refractivity contribution in [2.75, 3.05) is 24.7 Å². The molecule has 2 aromatic carbocycles. The van der Waals surface area contributed by atoms with Gasteiger partial charge in [0.25, 0.3) is 5.91 Å². The van der Waals surface area contributed by atoms with Gasteiger partial charge >= 0.3 is 0 Å². The van der Waals surface area contributed by atoms with Crippen LogP contribution in [0.3, 0.4) is 0 Å². The molecule has 2 N–H and O–H groups in total. The molecule has 3 heterocycles. The van der Waals surface area contributed by atoms with E-state index in [2.05, 4.69) is 13.0 Å². The van der Waals surface area contributed by atoms with Crippen molar-refractivity contribution in [2.24, 2.45) is 5.92 Å². The number of carbonyl (C=O) groups excluding carboxylic acids is 2. The van der Waals surface area contributed by atoms with Crippen LogP contribution < -0.4 is 9.64 Å². The summed E-state index contributed by atoms with van der Waals surface area (Å²) in [5.74, 6) is 0.719. The molecule has 3 aliphatic rings. The Morgan fingerprint density at radius 2 is 1.92 bits per heavy atom. The number of aliphatic hydroxyl groups excluding tert-OH is 1. The highest BCUT2D eigenvalue weighted by Crippen LogP contribution is 2.46. The van der Waals surface area contributed by atoms with Crippen molar-refractivity contribution in [3.63, 3.8) is 0 Å². The number of aliphatic hydroxyl groups is 1. The van der Waals surface area contributed by atoms with Gasteiger partial charge < -0.3 is 24.3 Å². The number of likely N-dealkylation sites (tertiary alicyclic amines) is 1. The maximum absolute atomic E-state index is 13.2. The lowest BCUT2D eigenvalue weighted by molar-refractivity contribution is -0.135. The van der Waals surface area contributed by atoms with E-state index in [1.54, 1.807) is 9.80 Å². The lowest BCUT2D eigenvalue weighted by atomic mass is 9.95. The lowest BCUT2D eigenvalue weighted by Crippen LogP contribution is -2.43. The summed E-state index contributed by atoms with van der Waals surface area (Å²) in [6.07, 6.45) is 3.09. The molecule has 0 radical (unpaired) electrons. The fraction of sp³-hybridized carbons (Fsp3) is 0.533. The molecule has 9 heteroatoms. The second-order valence-electron chi connectivity index (χ2n) is 11.7. The summed E-state index contributed by atoms with van der Waals surface area (Å²) in [5, 5.41) is 9.67. The van der Waals surface area contributed by atoms with Gasteiger partial charge in [0.15, 0.2) is 14.9 Å². The number of anilines is 2. The maximum Gasteiger partial charge on any atom is 0.269 e. The zero-order valence-electron chi connectivity index (χ0n) is 23.1. The number of para-hydroxylation sites is 2. The van der Waals surface area contributed by atoms with Crippen molar-refractivity contribution in [1.29, 1.82) is 0 Å². The number of rotatable bonds is 8. The number of hydrogen-bond acceptors (Lipinski definition) is 6. The Kier molecular flexibility index (Phi) is 8.14. The van der Waals surface area contributed by atoms with E-state index in [0.29, 0.717) is 12.3 Å². The van der Waals surface area contributed by atoms with Gasteiger partial charge in [-0.1, -0.05) is 31.2 Å². The molecule has 2 fully saturated rings. The molecule has 5 rings (SSSR count). The Hall–Kier alpha value is -2.72. The van der Waals surface area contributed by atoms with Crippen LogP contribution in [0, 0.1) is 5.92 Å². The van der Waals surface area contributed by atoms with E-state index >= 15 is 0 Å². The van der Waals surface area contributed by atoms with E-state index in [9.17, 15) is 19.5 Å². The quantitative estimate of drug-likeness (QED) is 0.480. The number of benzene rings is 2. The standard InChI is InChI=1S/C30H40N2O6Si/c1-20-25(38-27(30(20)39(2,3)36)17-28(34)31-15-7-10-23(31)18-33)14-13-21-8-6-9-22(16-21)32-24-11-4-5-12-26(24)37-19-29(32)35/h4-6,8-9,11-12,16,20,23,25,27,30,33,36H,7,10,13-15,17-19H2,1-3H3/t20-,23+,25+,27-,30+/m1/s1. The van der Waals surface area contributed by atoms with Crippen molar-refractivity contribution in [3.8, 4) is 5.75 Å². The Labute approximate surface area is 231 Å². The molecule has 3 aliphatic heterocycles. The van der Waals surface area contributed by atoms with Gasteiger partial charge in [-0.25, -0.2) is 0 Å². The van der Waals surface area contributed by atoms with E-state index < -0.39 is 8.32 Å². The third-order valence-electron chi connectivity index (χ3n) is 8.60. The number of amides is 2. The fourth-order valence-electron chi connectivity index (χ4n) is 6.80. The highest BCUT2D eigenvalue weighted by molar-refractivity contribution is 6.71. The Morgan fingerprint density at radius 3 is 2.69 bits per heavy atom. The number of aryl methyl sites for hydroxylation is 1. The van der Waals surface area contributed by atoms with E-state index in [0.717, 1.165) is 42.6 Å². The summed E-state index contributed by atoms with van der Waals surface area (Å²) in [7, 11) is -2.61. The number of hydrogen-bond donors (Lipinski definition) is 2. The smallest absolute Gasteiger partial charge is 0.269 e. The van der Waals surface area contributed by atoms with Crippen molar-refractivity contribution in [1.82, 2.24) is 4.90 Å². The molecule has 2 aromatic rings. The third kappa shape index (κ3) is 5.77. The SMILES string of the molecule is C[C@H]1[C@H]([Si](C)(C)O)[C@@H](CC(=O)N2CCC[C@H]2CO)O[C@H]1CCc1cccc(N2C(=O)COc3ccccc32)c1. The number of carbonyl (C=O) groups is 2. The van der Waals surface area contributed by atoms with Gasteiger partial charge in [0.1, 0.15) is 5.75 Å². The lowest BCUT2D eigenvalue weighted by Gasteiger charge is -2.31. The molecule has 0 spiro atoms. The Bertz CT molecular complexity index is 1200. The second-order valence-corrected chi connectivity index (χ2v) is 15.7. The zero-order valence-corrected chi connectivity index (χ0v) is 24.1. The van der Waals surface area contributed by atoms with Crippen LogP contribution in [0.25, 0.3) is 0 Å². The summed E-state index contributed by atoms with van der Waals surface area (Å²) >= 11 is 0.